The van der Waals surface area contributed by atoms with Gasteiger partial charge in [0.05, 0.1) is 19.3 Å². The number of hydrogen-bond donors (Lipinski definition) is 1. The standard InChI is InChI=1S/C14H23NO4Si/c1-14(2,3)20(5,6)19-9-10-7-12(18-4)15-8-11(10)13(16)17/h7-8H,9H2,1-6H3,(H,16,17). The van der Waals surface area contributed by atoms with Crippen LogP contribution in [0.2, 0.25) is 18.1 Å². The van der Waals surface area contributed by atoms with E-state index in [2.05, 4.69) is 38.8 Å². The molecule has 0 aliphatic rings. The lowest BCUT2D eigenvalue weighted by atomic mass is 10.1. The number of nitrogens with zero attached hydrogens (tertiary/aromatic N) is 1. The molecular formula is C14H23NO4Si. The van der Waals surface area contributed by atoms with Crippen LogP contribution in [0.3, 0.4) is 0 Å². The molecule has 0 aromatic carbocycles. The number of hydrogen-bond acceptors (Lipinski definition) is 4. The average Bonchev–Trinajstić information content (AvgIpc) is 2.34. The number of methoxy groups -OCH3 is 1. The zero-order valence-electron chi connectivity index (χ0n) is 13.0. The average molecular weight is 297 g/mol. The van der Waals surface area contributed by atoms with E-state index in [9.17, 15) is 9.90 Å². The molecule has 0 saturated heterocycles. The summed E-state index contributed by atoms with van der Waals surface area (Å²) in [5.74, 6) is -0.613. The summed E-state index contributed by atoms with van der Waals surface area (Å²) in [5.41, 5.74) is 0.749. The van der Waals surface area contributed by atoms with E-state index in [1.54, 1.807) is 6.07 Å². The largest absolute Gasteiger partial charge is 0.481 e. The summed E-state index contributed by atoms with van der Waals surface area (Å²) in [4.78, 5) is 15.1. The van der Waals surface area contributed by atoms with Gasteiger partial charge < -0.3 is 14.3 Å². The molecule has 1 heterocycles. The van der Waals surface area contributed by atoms with E-state index in [1.165, 1.54) is 13.3 Å². The Morgan fingerprint density at radius 3 is 2.45 bits per heavy atom. The maximum Gasteiger partial charge on any atom is 0.337 e. The lowest BCUT2D eigenvalue weighted by molar-refractivity contribution is 0.0693. The minimum absolute atomic E-state index is 0.0769. The van der Waals surface area contributed by atoms with Crippen LogP contribution < -0.4 is 4.74 Å². The van der Waals surface area contributed by atoms with E-state index in [0.717, 1.165) is 0 Å². The Morgan fingerprint density at radius 2 is 2.00 bits per heavy atom. The number of carbonyl (C=O) groups is 1. The zero-order chi connectivity index (χ0) is 15.6. The normalized spacial score (nSPS) is 12.3. The van der Waals surface area contributed by atoms with Gasteiger partial charge in [0, 0.05) is 12.3 Å². The van der Waals surface area contributed by atoms with Gasteiger partial charge in [-0.3, -0.25) is 0 Å². The second-order valence-corrected chi connectivity index (χ2v) is 11.0. The van der Waals surface area contributed by atoms with E-state index >= 15 is 0 Å². The first kappa shape index (κ1) is 16.7. The van der Waals surface area contributed by atoms with Gasteiger partial charge in [-0.2, -0.15) is 0 Å². The highest BCUT2D eigenvalue weighted by Crippen LogP contribution is 2.37. The molecule has 0 unspecified atom stereocenters. The van der Waals surface area contributed by atoms with Crippen molar-refractivity contribution < 1.29 is 19.1 Å². The molecule has 112 valence electrons. The van der Waals surface area contributed by atoms with Gasteiger partial charge in [-0.05, 0) is 23.7 Å². The van der Waals surface area contributed by atoms with Crippen LogP contribution in [0.25, 0.3) is 0 Å². The molecule has 0 bridgehead atoms. The third kappa shape index (κ3) is 3.80. The van der Waals surface area contributed by atoms with Crippen LogP contribution in [0.4, 0.5) is 0 Å². The predicted octanol–water partition coefficient (Wildman–Crippen LogP) is 3.31. The van der Waals surface area contributed by atoms with Crippen LogP contribution >= 0.6 is 0 Å². The molecule has 6 heteroatoms. The van der Waals surface area contributed by atoms with Crippen molar-refractivity contribution in [2.24, 2.45) is 0 Å². The number of carboxylic acids is 1. The highest BCUT2D eigenvalue weighted by Gasteiger charge is 2.37. The van der Waals surface area contributed by atoms with Gasteiger partial charge >= 0.3 is 5.97 Å². The van der Waals surface area contributed by atoms with Gasteiger partial charge in [0.15, 0.2) is 8.32 Å². The second kappa shape index (κ2) is 5.93. The molecule has 1 aromatic heterocycles. The smallest absolute Gasteiger partial charge is 0.337 e. The first-order valence-corrected chi connectivity index (χ1v) is 9.39. The first-order valence-electron chi connectivity index (χ1n) is 6.48. The van der Waals surface area contributed by atoms with E-state index in [-0.39, 0.29) is 17.2 Å². The Bertz CT molecular complexity index is 494. The van der Waals surface area contributed by atoms with Crippen molar-refractivity contribution in [3.05, 3.63) is 23.4 Å². The summed E-state index contributed by atoms with van der Waals surface area (Å²) < 4.78 is 11.1. The fourth-order valence-electron chi connectivity index (χ4n) is 1.37. The predicted molar refractivity (Wildman–Crippen MR) is 79.7 cm³/mol. The van der Waals surface area contributed by atoms with Crippen LogP contribution in [0.15, 0.2) is 12.3 Å². The number of ether oxygens (including phenoxy) is 1. The summed E-state index contributed by atoms with van der Waals surface area (Å²) in [5, 5.41) is 9.27. The van der Waals surface area contributed by atoms with E-state index in [4.69, 9.17) is 9.16 Å². The van der Waals surface area contributed by atoms with Crippen molar-refractivity contribution in [3.63, 3.8) is 0 Å². The Morgan fingerprint density at radius 1 is 1.40 bits per heavy atom. The maximum atomic E-state index is 11.2. The Hall–Kier alpha value is -1.40. The van der Waals surface area contributed by atoms with Crippen LogP contribution in [0.5, 0.6) is 5.88 Å². The fraction of sp³-hybridized carbons (Fsp3) is 0.571. The molecule has 5 nitrogen and oxygen atoms in total. The molecule has 0 atom stereocenters. The van der Waals surface area contributed by atoms with Crippen LogP contribution in [-0.4, -0.2) is 31.5 Å². The van der Waals surface area contributed by atoms with Crippen molar-refractivity contribution in [2.75, 3.05) is 7.11 Å². The van der Waals surface area contributed by atoms with Crippen molar-refractivity contribution in [1.29, 1.82) is 0 Å². The third-order valence-corrected chi connectivity index (χ3v) is 8.28. The molecule has 1 aromatic rings. The molecule has 0 saturated carbocycles. The first-order chi connectivity index (χ1) is 9.08. The van der Waals surface area contributed by atoms with Crippen molar-refractivity contribution in [2.45, 2.75) is 45.5 Å². The van der Waals surface area contributed by atoms with Gasteiger partial charge in [0.25, 0.3) is 0 Å². The zero-order valence-corrected chi connectivity index (χ0v) is 14.0. The number of aromatic nitrogens is 1. The quantitative estimate of drug-likeness (QED) is 0.844. The fourth-order valence-corrected chi connectivity index (χ4v) is 2.32. The van der Waals surface area contributed by atoms with Crippen molar-refractivity contribution in [1.82, 2.24) is 4.98 Å². The van der Waals surface area contributed by atoms with Gasteiger partial charge in [0.1, 0.15) is 0 Å². The lowest BCUT2D eigenvalue weighted by Gasteiger charge is -2.36. The Kier molecular flexibility index (Phi) is 4.93. The number of aromatic carboxylic acids is 1. The molecular weight excluding hydrogens is 274 g/mol. The minimum Gasteiger partial charge on any atom is -0.481 e. The molecule has 1 N–H and O–H groups in total. The Labute approximate surface area is 121 Å². The summed E-state index contributed by atoms with van der Waals surface area (Å²) >= 11 is 0. The molecule has 0 aliphatic carbocycles. The van der Waals surface area contributed by atoms with E-state index in [0.29, 0.717) is 11.4 Å². The van der Waals surface area contributed by atoms with Gasteiger partial charge in [-0.25, -0.2) is 9.78 Å². The number of carboxylic acid groups (broad SMARTS) is 1. The van der Waals surface area contributed by atoms with Crippen molar-refractivity contribution in [3.8, 4) is 5.88 Å². The van der Waals surface area contributed by atoms with Crippen LogP contribution in [-0.2, 0) is 11.0 Å². The highest BCUT2D eigenvalue weighted by molar-refractivity contribution is 6.74. The summed E-state index contributed by atoms with van der Waals surface area (Å²) in [7, 11) is -0.426. The molecule has 20 heavy (non-hydrogen) atoms. The number of rotatable bonds is 5. The Balaban J connectivity index is 2.99. The molecule has 0 fully saturated rings. The summed E-state index contributed by atoms with van der Waals surface area (Å²) in [6.07, 6.45) is 1.31. The monoisotopic (exact) mass is 297 g/mol. The minimum atomic E-state index is -1.93. The lowest BCUT2D eigenvalue weighted by Crippen LogP contribution is -2.40. The highest BCUT2D eigenvalue weighted by atomic mass is 28.4. The molecule has 0 spiro atoms. The van der Waals surface area contributed by atoms with Gasteiger partial charge in [0.2, 0.25) is 5.88 Å². The maximum absolute atomic E-state index is 11.2. The third-order valence-electron chi connectivity index (χ3n) is 3.80. The van der Waals surface area contributed by atoms with E-state index < -0.39 is 14.3 Å². The van der Waals surface area contributed by atoms with Gasteiger partial charge in [-0.1, -0.05) is 20.8 Å². The summed E-state index contributed by atoms with van der Waals surface area (Å²) in [6.45, 7) is 11.0. The van der Waals surface area contributed by atoms with Crippen molar-refractivity contribution >= 4 is 14.3 Å². The topological polar surface area (TPSA) is 68.7 Å². The molecule has 1 rings (SSSR count). The van der Waals surface area contributed by atoms with Gasteiger partial charge in [-0.15, -0.1) is 0 Å². The van der Waals surface area contributed by atoms with E-state index in [1.807, 2.05) is 0 Å². The molecule has 0 radical (unpaired) electrons. The molecule has 0 amide bonds. The molecule has 0 aliphatic heterocycles. The second-order valence-electron chi connectivity index (χ2n) is 6.24. The SMILES string of the molecule is COc1cc(CO[Si](C)(C)C(C)(C)C)c(C(=O)O)cn1. The number of pyridine rings is 1. The van der Waals surface area contributed by atoms with Crippen LogP contribution in [0, 0.1) is 0 Å². The summed E-state index contributed by atoms with van der Waals surface area (Å²) in [6, 6.07) is 1.62. The van der Waals surface area contributed by atoms with Crippen LogP contribution in [0.1, 0.15) is 36.7 Å².